The van der Waals surface area contributed by atoms with E-state index < -0.39 is 0 Å². The number of benzene rings is 1. The number of nitrogens with zero attached hydrogens (tertiary/aromatic N) is 2. The van der Waals surface area contributed by atoms with Crippen LogP contribution in [-0.2, 0) is 14.4 Å². The minimum atomic E-state index is -0.235. The number of hydrogen-bond donors (Lipinski definition) is 1. The summed E-state index contributed by atoms with van der Waals surface area (Å²) in [7, 11) is 0. The van der Waals surface area contributed by atoms with Crippen LogP contribution < -0.4 is 5.32 Å². The van der Waals surface area contributed by atoms with Crippen molar-refractivity contribution in [1.82, 2.24) is 9.88 Å². The third-order valence-electron chi connectivity index (χ3n) is 6.12. The number of carbonyl (C=O) groups is 3. The largest absolute Gasteiger partial charge is 0.302 e. The number of imide groups is 1. The van der Waals surface area contributed by atoms with Gasteiger partial charge in [-0.05, 0) is 24.3 Å². The van der Waals surface area contributed by atoms with Crippen LogP contribution in [0.2, 0.25) is 0 Å². The number of rotatable bonds is 6. The summed E-state index contributed by atoms with van der Waals surface area (Å²) in [5.41, 5.74) is 3.10. The molecule has 2 aliphatic rings. The van der Waals surface area contributed by atoms with Crippen molar-refractivity contribution < 1.29 is 14.4 Å². The Balaban J connectivity index is 1.33. The van der Waals surface area contributed by atoms with Crippen LogP contribution in [0.4, 0.5) is 5.13 Å². The van der Waals surface area contributed by atoms with E-state index in [1.807, 2.05) is 17.5 Å². The molecule has 30 heavy (non-hydrogen) atoms. The molecule has 2 aromatic rings. The third-order valence-corrected chi connectivity index (χ3v) is 6.88. The normalized spacial score (nSPS) is 21.2. The Morgan fingerprint density at radius 3 is 2.37 bits per heavy atom. The van der Waals surface area contributed by atoms with Gasteiger partial charge in [-0.2, -0.15) is 0 Å². The number of amides is 3. The Kier molecular flexibility index (Phi) is 5.99. The summed E-state index contributed by atoms with van der Waals surface area (Å²) in [4.78, 5) is 43.2. The average molecular weight is 426 g/mol. The van der Waals surface area contributed by atoms with Crippen molar-refractivity contribution in [2.75, 3.05) is 11.9 Å². The highest BCUT2D eigenvalue weighted by atomic mass is 32.1. The first-order valence-corrected chi connectivity index (χ1v) is 11.5. The van der Waals surface area contributed by atoms with Crippen molar-refractivity contribution in [3.63, 3.8) is 0 Å². The number of carbonyl (C=O) groups excluding carboxylic acids is 3. The summed E-state index contributed by atoms with van der Waals surface area (Å²) >= 11 is 1.37. The predicted octanol–water partition coefficient (Wildman–Crippen LogP) is 4.44. The fourth-order valence-electron chi connectivity index (χ4n) is 4.35. The fraction of sp³-hybridized carbons (Fsp3) is 0.478. The van der Waals surface area contributed by atoms with Gasteiger partial charge < -0.3 is 5.32 Å². The molecule has 1 aliphatic heterocycles. The average Bonchev–Trinajstić information content (AvgIpc) is 3.30. The second kappa shape index (κ2) is 8.68. The molecule has 1 saturated carbocycles. The molecule has 6 nitrogen and oxygen atoms in total. The van der Waals surface area contributed by atoms with Crippen LogP contribution in [0.15, 0.2) is 29.6 Å². The topological polar surface area (TPSA) is 79.4 Å². The number of thiazole rings is 1. The molecule has 158 valence electrons. The maximum Gasteiger partial charge on any atom is 0.233 e. The van der Waals surface area contributed by atoms with Crippen LogP contribution in [-0.4, -0.2) is 34.2 Å². The highest BCUT2D eigenvalue weighted by Crippen LogP contribution is 2.38. The zero-order valence-electron chi connectivity index (χ0n) is 17.4. The summed E-state index contributed by atoms with van der Waals surface area (Å²) in [6.07, 6.45) is 3.67. The zero-order valence-corrected chi connectivity index (χ0v) is 18.2. The van der Waals surface area contributed by atoms with Crippen LogP contribution in [0.25, 0.3) is 11.3 Å². The van der Waals surface area contributed by atoms with Gasteiger partial charge in [0, 0.05) is 23.9 Å². The van der Waals surface area contributed by atoms with Crippen molar-refractivity contribution in [2.45, 2.75) is 51.9 Å². The molecule has 1 aliphatic carbocycles. The van der Waals surface area contributed by atoms with Gasteiger partial charge in [0.25, 0.3) is 0 Å². The summed E-state index contributed by atoms with van der Waals surface area (Å²) in [5, 5.41) is 5.24. The van der Waals surface area contributed by atoms with Gasteiger partial charge in [-0.3, -0.25) is 19.3 Å². The smallest absolute Gasteiger partial charge is 0.233 e. The van der Waals surface area contributed by atoms with Crippen molar-refractivity contribution in [1.29, 1.82) is 0 Å². The fourth-order valence-corrected chi connectivity index (χ4v) is 5.08. The molecule has 4 rings (SSSR count). The summed E-state index contributed by atoms with van der Waals surface area (Å²) in [6.45, 7) is 4.46. The second-order valence-corrected chi connectivity index (χ2v) is 9.30. The molecule has 0 radical (unpaired) electrons. The van der Waals surface area contributed by atoms with Gasteiger partial charge in [-0.15, -0.1) is 11.3 Å². The van der Waals surface area contributed by atoms with Crippen LogP contribution in [0.5, 0.6) is 0 Å². The first kappa shape index (κ1) is 20.7. The highest BCUT2D eigenvalue weighted by Gasteiger charge is 2.47. The minimum absolute atomic E-state index is 0.0922. The van der Waals surface area contributed by atoms with E-state index >= 15 is 0 Å². The lowest BCUT2D eigenvalue weighted by Gasteiger charge is -2.19. The van der Waals surface area contributed by atoms with Crippen LogP contribution in [0.1, 0.15) is 57.4 Å². The zero-order chi connectivity index (χ0) is 21.3. The first-order chi connectivity index (χ1) is 14.4. The number of nitrogens with one attached hydrogen (secondary N) is 1. The number of aromatic nitrogens is 1. The lowest BCUT2D eigenvalue weighted by atomic mass is 9.81. The molecule has 7 heteroatoms. The molecule has 1 aromatic heterocycles. The Labute approximate surface area is 180 Å². The van der Waals surface area contributed by atoms with Gasteiger partial charge in [0.2, 0.25) is 17.7 Å². The van der Waals surface area contributed by atoms with Crippen LogP contribution in [0.3, 0.4) is 0 Å². The van der Waals surface area contributed by atoms with Crippen molar-refractivity contribution >= 4 is 34.2 Å². The molecule has 1 saturated heterocycles. The van der Waals surface area contributed by atoms with Gasteiger partial charge in [-0.1, -0.05) is 51.0 Å². The molecule has 2 atom stereocenters. The molecule has 0 bridgehead atoms. The molecule has 1 aromatic carbocycles. The number of hydrogen-bond acceptors (Lipinski definition) is 5. The molecule has 2 heterocycles. The highest BCUT2D eigenvalue weighted by molar-refractivity contribution is 7.14. The van der Waals surface area contributed by atoms with Crippen molar-refractivity contribution in [2.24, 2.45) is 11.8 Å². The molecule has 2 unspecified atom stereocenters. The van der Waals surface area contributed by atoms with Gasteiger partial charge in [0.1, 0.15) is 0 Å². The number of likely N-dealkylation sites (tertiary alicyclic amines) is 1. The van der Waals surface area contributed by atoms with Gasteiger partial charge >= 0.3 is 0 Å². The van der Waals surface area contributed by atoms with E-state index in [4.69, 9.17) is 0 Å². The molecular formula is C23H27N3O3S. The van der Waals surface area contributed by atoms with E-state index in [0.717, 1.165) is 36.9 Å². The quantitative estimate of drug-likeness (QED) is 0.694. The summed E-state index contributed by atoms with van der Waals surface area (Å²) < 4.78 is 0. The lowest BCUT2D eigenvalue weighted by molar-refractivity contribution is -0.140. The van der Waals surface area contributed by atoms with E-state index in [1.54, 1.807) is 0 Å². The van der Waals surface area contributed by atoms with E-state index in [-0.39, 0.29) is 42.5 Å². The van der Waals surface area contributed by atoms with E-state index in [2.05, 4.69) is 36.3 Å². The molecule has 1 N–H and O–H groups in total. The Morgan fingerprint density at radius 2 is 1.77 bits per heavy atom. The van der Waals surface area contributed by atoms with E-state index in [0.29, 0.717) is 11.0 Å². The minimum Gasteiger partial charge on any atom is -0.302 e. The SMILES string of the molecule is CC(C)c1ccc(-c2csc(NC(=O)CCN3C(=O)C4CCCCC4C3=O)n2)cc1. The van der Waals surface area contributed by atoms with E-state index in [9.17, 15) is 14.4 Å². The predicted molar refractivity (Wildman–Crippen MR) is 117 cm³/mol. The third kappa shape index (κ3) is 4.17. The second-order valence-electron chi connectivity index (χ2n) is 8.44. The molecular weight excluding hydrogens is 398 g/mol. The first-order valence-electron chi connectivity index (χ1n) is 10.6. The standard InChI is InChI=1S/C23H27N3O3S/c1-14(2)15-7-9-16(10-8-15)19-13-30-23(24-19)25-20(27)11-12-26-21(28)17-5-3-4-6-18(17)22(26)29/h7-10,13-14,17-18H,3-6,11-12H2,1-2H3,(H,24,25,27). The van der Waals surface area contributed by atoms with Crippen molar-refractivity contribution in [3.05, 3.63) is 35.2 Å². The molecule has 3 amide bonds. The van der Waals surface area contributed by atoms with Gasteiger partial charge in [-0.25, -0.2) is 4.98 Å². The van der Waals surface area contributed by atoms with Gasteiger partial charge in [0.05, 0.1) is 17.5 Å². The Morgan fingerprint density at radius 1 is 1.13 bits per heavy atom. The van der Waals surface area contributed by atoms with Gasteiger partial charge in [0.15, 0.2) is 5.13 Å². The summed E-state index contributed by atoms with van der Waals surface area (Å²) in [6, 6.07) is 8.28. The monoisotopic (exact) mass is 425 g/mol. The molecule has 2 fully saturated rings. The Bertz CT molecular complexity index is 927. The summed E-state index contributed by atoms with van der Waals surface area (Å²) in [5.74, 6) is -0.294. The van der Waals surface area contributed by atoms with Crippen LogP contribution in [0, 0.1) is 11.8 Å². The molecule has 0 spiro atoms. The van der Waals surface area contributed by atoms with E-state index in [1.165, 1.54) is 21.8 Å². The van der Waals surface area contributed by atoms with Crippen LogP contribution >= 0.6 is 11.3 Å². The Hall–Kier alpha value is -2.54. The number of fused-ring (bicyclic) bond motifs is 1. The maximum absolute atomic E-state index is 12.5. The number of anilines is 1. The van der Waals surface area contributed by atoms with Crippen molar-refractivity contribution in [3.8, 4) is 11.3 Å². The lowest BCUT2D eigenvalue weighted by Crippen LogP contribution is -2.34. The maximum atomic E-state index is 12.5.